The molecule has 0 bridgehead atoms. The second-order valence-corrected chi connectivity index (χ2v) is 4.60. The summed E-state index contributed by atoms with van der Waals surface area (Å²) in [6.07, 6.45) is -0.629. The Hall–Kier alpha value is -2.17. The molecular formula is C14H15NO4. The number of amides is 1. The van der Waals surface area contributed by atoms with Gasteiger partial charge in [0, 0.05) is 0 Å². The van der Waals surface area contributed by atoms with Gasteiger partial charge >= 0.3 is 5.97 Å². The standard InChI is InChI=1S/C14H15NO4/c1-8(16)12-11(13(17)15-12)9(2)19-14(18)10-6-4-3-5-7-10/h3-7,9,11-12H,1-2H3,(H,15,17)/t9?,11-,12+/m1/s1. The largest absolute Gasteiger partial charge is 0.458 e. The lowest BCUT2D eigenvalue weighted by Crippen LogP contribution is -2.65. The summed E-state index contributed by atoms with van der Waals surface area (Å²) in [5.41, 5.74) is 0.424. The first kappa shape index (κ1) is 13.3. The number of rotatable bonds is 4. The smallest absolute Gasteiger partial charge is 0.338 e. The zero-order valence-electron chi connectivity index (χ0n) is 10.8. The van der Waals surface area contributed by atoms with Crippen molar-refractivity contribution in [2.24, 2.45) is 5.92 Å². The zero-order chi connectivity index (χ0) is 14.0. The highest BCUT2D eigenvalue weighted by atomic mass is 16.5. The molecule has 5 nitrogen and oxygen atoms in total. The van der Waals surface area contributed by atoms with Gasteiger partial charge in [-0.3, -0.25) is 9.59 Å². The normalized spacial score (nSPS) is 22.9. The number of nitrogens with one attached hydrogen (secondary N) is 1. The number of carbonyl (C=O) groups excluding carboxylic acids is 3. The fourth-order valence-corrected chi connectivity index (χ4v) is 2.12. The second kappa shape index (κ2) is 5.22. The summed E-state index contributed by atoms with van der Waals surface area (Å²) in [5.74, 6) is -1.47. The molecular weight excluding hydrogens is 246 g/mol. The molecule has 100 valence electrons. The average Bonchev–Trinajstić information content (AvgIpc) is 2.36. The predicted molar refractivity (Wildman–Crippen MR) is 67.4 cm³/mol. The van der Waals surface area contributed by atoms with Crippen molar-refractivity contribution in [1.29, 1.82) is 0 Å². The van der Waals surface area contributed by atoms with E-state index < -0.39 is 24.0 Å². The van der Waals surface area contributed by atoms with Gasteiger partial charge in [-0.1, -0.05) is 18.2 Å². The number of ketones is 1. The first-order valence-corrected chi connectivity index (χ1v) is 6.07. The predicted octanol–water partition coefficient (Wildman–Crippen LogP) is 0.935. The highest BCUT2D eigenvalue weighted by molar-refractivity contribution is 5.99. The Balaban J connectivity index is 2.01. The van der Waals surface area contributed by atoms with Crippen molar-refractivity contribution in [3.8, 4) is 0 Å². The molecule has 2 rings (SSSR count). The van der Waals surface area contributed by atoms with Crippen LogP contribution in [-0.4, -0.2) is 29.8 Å². The van der Waals surface area contributed by atoms with Gasteiger partial charge < -0.3 is 10.1 Å². The highest BCUT2D eigenvalue weighted by Gasteiger charge is 2.47. The van der Waals surface area contributed by atoms with Crippen LogP contribution in [0.15, 0.2) is 30.3 Å². The van der Waals surface area contributed by atoms with E-state index in [2.05, 4.69) is 5.32 Å². The van der Waals surface area contributed by atoms with Crippen LogP contribution in [-0.2, 0) is 14.3 Å². The fourth-order valence-electron chi connectivity index (χ4n) is 2.12. The number of benzene rings is 1. The molecule has 1 unspecified atom stereocenters. The SMILES string of the molecule is CC(=O)[C@@H]1NC(=O)[C@@H]1C(C)OC(=O)c1ccccc1. The molecule has 0 radical (unpaired) electrons. The first-order chi connectivity index (χ1) is 9.00. The average molecular weight is 261 g/mol. The van der Waals surface area contributed by atoms with Crippen LogP contribution in [0.2, 0.25) is 0 Å². The maximum absolute atomic E-state index is 11.8. The maximum Gasteiger partial charge on any atom is 0.338 e. The van der Waals surface area contributed by atoms with Gasteiger partial charge in [0.05, 0.1) is 5.56 Å². The van der Waals surface area contributed by atoms with E-state index >= 15 is 0 Å². The lowest BCUT2D eigenvalue weighted by atomic mass is 9.84. The topological polar surface area (TPSA) is 72.5 Å². The third-order valence-electron chi connectivity index (χ3n) is 3.21. The molecule has 0 saturated carbocycles. The molecule has 1 heterocycles. The van der Waals surface area contributed by atoms with Crippen LogP contribution in [0.25, 0.3) is 0 Å². The number of carbonyl (C=O) groups is 3. The van der Waals surface area contributed by atoms with Gasteiger partial charge in [-0.25, -0.2) is 4.79 Å². The van der Waals surface area contributed by atoms with E-state index in [-0.39, 0.29) is 11.7 Å². The van der Waals surface area contributed by atoms with Crippen LogP contribution in [0.5, 0.6) is 0 Å². The van der Waals surface area contributed by atoms with Gasteiger partial charge in [-0.2, -0.15) is 0 Å². The summed E-state index contributed by atoms with van der Waals surface area (Å²) in [6.45, 7) is 3.03. The Bertz CT molecular complexity index is 511. The minimum atomic E-state index is -0.629. The molecule has 1 N–H and O–H groups in total. The maximum atomic E-state index is 11.8. The van der Waals surface area contributed by atoms with E-state index in [4.69, 9.17) is 4.74 Å². The summed E-state index contributed by atoms with van der Waals surface area (Å²) in [7, 11) is 0. The first-order valence-electron chi connectivity index (χ1n) is 6.07. The van der Waals surface area contributed by atoms with Gasteiger partial charge in [0.25, 0.3) is 0 Å². The van der Waals surface area contributed by atoms with Crippen LogP contribution in [0.1, 0.15) is 24.2 Å². The minimum Gasteiger partial charge on any atom is -0.458 e. The minimum absolute atomic E-state index is 0.132. The Labute approximate surface area is 110 Å². The van der Waals surface area contributed by atoms with Crippen molar-refractivity contribution < 1.29 is 19.1 Å². The Morgan fingerprint density at radius 2 is 1.89 bits per heavy atom. The van der Waals surface area contributed by atoms with E-state index in [9.17, 15) is 14.4 Å². The molecule has 1 aliphatic rings. The Morgan fingerprint density at radius 3 is 2.42 bits per heavy atom. The fraction of sp³-hybridized carbons (Fsp3) is 0.357. The monoisotopic (exact) mass is 261 g/mol. The van der Waals surface area contributed by atoms with E-state index in [1.807, 2.05) is 0 Å². The molecule has 1 amide bonds. The van der Waals surface area contributed by atoms with Crippen LogP contribution in [0, 0.1) is 5.92 Å². The van der Waals surface area contributed by atoms with Crippen molar-refractivity contribution in [2.75, 3.05) is 0 Å². The second-order valence-electron chi connectivity index (χ2n) is 4.60. The summed E-state index contributed by atoms with van der Waals surface area (Å²) in [6, 6.07) is 7.99. The van der Waals surface area contributed by atoms with E-state index in [0.717, 1.165) is 0 Å². The van der Waals surface area contributed by atoms with Gasteiger partial charge in [0.2, 0.25) is 5.91 Å². The number of ether oxygens (including phenoxy) is 1. The molecule has 0 aliphatic carbocycles. The van der Waals surface area contributed by atoms with Gasteiger partial charge in [0.15, 0.2) is 5.78 Å². The van der Waals surface area contributed by atoms with Gasteiger partial charge in [-0.05, 0) is 26.0 Å². The number of hydrogen-bond donors (Lipinski definition) is 1. The summed E-state index contributed by atoms with van der Waals surface area (Å²) in [4.78, 5) is 34.6. The molecule has 1 fully saturated rings. The molecule has 1 aromatic rings. The van der Waals surface area contributed by atoms with Crippen LogP contribution in [0.4, 0.5) is 0 Å². The summed E-state index contributed by atoms with van der Waals surface area (Å²) in [5, 5.41) is 2.51. The van der Waals surface area contributed by atoms with Crippen LogP contribution in [0.3, 0.4) is 0 Å². The molecule has 0 aromatic heterocycles. The number of esters is 1. The van der Waals surface area contributed by atoms with Crippen LogP contribution < -0.4 is 5.32 Å². The summed E-state index contributed by atoms with van der Waals surface area (Å²) >= 11 is 0. The lowest BCUT2D eigenvalue weighted by molar-refractivity contribution is -0.147. The van der Waals surface area contributed by atoms with E-state index in [1.54, 1.807) is 37.3 Å². The number of Topliss-reactive ketones (excluding diaryl/α,β-unsaturated/α-hetero) is 1. The van der Waals surface area contributed by atoms with Gasteiger partial charge in [-0.15, -0.1) is 0 Å². The molecule has 5 heteroatoms. The Morgan fingerprint density at radius 1 is 1.26 bits per heavy atom. The molecule has 3 atom stereocenters. The third kappa shape index (κ3) is 2.65. The third-order valence-corrected chi connectivity index (χ3v) is 3.21. The zero-order valence-corrected chi connectivity index (χ0v) is 10.8. The summed E-state index contributed by atoms with van der Waals surface area (Å²) < 4.78 is 5.24. The lowest BCUT2D eigenvalue weighted by Gasteiger charge is -2.38. The Kier molecular flexibility index (Phi) is 3.64. The van der Waals surface area contributed by atoms with E-state index in [1.165, 1.54) is 6.92 Å². The molecule has 1 saturated heterocycles. The van der Waals surface area contributed by atoms with Crippen molar-refractivity contribution in [3.63, 3.8) is 0 Å². The quantitative estimate of drug-likeness (QED) is 0.646. The molecule has 0 spiro atoms. The molecule has 1 aliphatic heterocycles. The van der Waals surface area contributed by atoms with Gasteiger partial charge in [0.1, 0.15) is 18.1 Å². The highest BCUT2D eigenvalue weighted by Crippen LogP contribution is 2.23. The van der Waals surface area contributed by atoms with Crippen molar-refractivity contribution >= 4 is 17.7 Å². The number of β-lactam (4-membered cyclic amide) rings is 1. The van der Waals surface area contributed by atoms with Crippen molar-refractivity contribution in [1.82, 2.24) is 5.32 Å². The van der Waals surface area contributed by atoms with Crippen LogP contribution >= 0.6 is 0 Å². The van der Waals surface area contributed by atoms with E-state index in [0.29, 0.717) is 5.56 Å². The van der Waals surface area contributed by atoms with Crippen molar-refractivity contribution in [3.05, 3.63) is 35.9 Å². The molecule has 1 aromatic carbocycles. The van der Waals surface area contributed by atoms with Crippen molar-refractivity contribution in [2.45, 2.75) is 26.0 Å². The molecule has 19 heavy (non-hydrogen) atoms. The number of hydrogen-bond acceptors (Lipinski definition) is 4.